The maximum Gasteiger partial charge on any atom is 0.410 e. The minimum Gasteiger partial charge on any atom is -0.444 e. The first kappa shape index (κ1) is 21.1. The lowest BCUT2D eigenvalue weighted by atomic mass is 10.2. The molecule has 150 valence electrons. The summed E-state index contributed by atoms with van der Waals surface area (Å²) in [6.45, 7) is 5.57. The van der Waals surface area contributed by atoms with Crippen LogP contribution in [0.5, 0.6) is 0 Å². The van der Waals surface area contributed by atoms with E-state index in [-0.39, 0.29) is 5.69 Å². The molecule has 10 heteroatoms. The molecular weight excluding hydrogens is 382 g/mol. The number of benzene rings is 1. The van der Waals surface area contributed by atoms with Gasteiger partial charge in [0.2, 0.25) is 15.7 Å². The molecule has 0 aromatic heterocycles. The highest BCUT2D eigenvalue weighted by Gasteiger charge is 2.36. The molecule has 1 aliphatic rings. The van der Waals surface area contributed by atoms with Crippen molar-refractivity contribution in [2.75, 3.05) is 11.9 Å². The lowest BCUT2D eigenvalue weighted by Gasteiger charge is -2.28. The number of nitrogens with one attached hydrogen (secondary N) is 1. The molecule has 1 aromatic rings. The molecule has 7 nitrogen and oxygen atoms in total. The smallest absolute Gasteiger partial charge is 0.410 e. The summed E-state index contributed by atoms with van der Waals surface area (Å²) in [6.07, 6.45) is 0.518. The number of rotatable bonds is 4. The third-order valence-corrected chi connectivity index (χ3v) is 5.27. The summed E-state index contributed by atoms with van der Waals surface area (Å²) in [6, 6.07) is 3.72. The van der Waals surface area contributed by atoms with E-state index in [1.807, 2.05) is 0 Å². The van der Waals surface area contributed by atoms with E-state index in [9.17, 15) is 26.8 Å². The van der Waals surface area contributed by atoms with E-state index in [0.29, 0.717) is 19.4 Å². The Morgan fingerprint density at radius 1 is 1.22 bits per heavy atom. The van der Waals surface area contributed by atoms with Gasteiger partial charge in [-0.25, -0.2) is 13.2 Å². The number of halogens is 2. The molecular formula is C17H22F2N2O5S. The molecule has 1 heterocycles. The van der Waals surface area contributed by atoms with E-state index in [1.54, 1.807) is 20.8 Å². The number of ether oxygens (including phenoxy) is 1. The van der Waals surface area contributed by atoms with Gasteiger partial charge >= 0.3 is 11.9 Å². The molecule has 2 amide bonds. The van der Waals surface area contributed by atoms with Gasteiger partial charge in [-0.05, 0) is 57.9 Å². The van der Waals surface area contributed by atoms with Crippen LogP contribution < -0.4 is 5.32 Å². The van der Waals surface area contributed by atoms with Crippen LogP contribution in [0.2, 0.25) is 0 Å². The lowest BCUT2D eigenvalue weighted by Crippen LogP contribution is -2.45. The summed E-state index contributed by atoms with van der Waals surface area (Å²) in [4.78, 5) is 25.5. The Hall–Kier alpha value is -2.23. The Kier molecular flexibility index (Phi) is 6.08. The van der Waals surface area contributed by atoms with Crippen molar-refractivity contribution in [2.24, 2.45) is 0 Å². The monoisotopic (exact) mass is 404 g/mol. The predicted molar refractivity (Wildman–Crippen MR) is 94.2 cm³/mol. The van der Waals surface area contributed by atoms with Crippen LogP contribution in [0.25, 0.3) is 0 Å². The van der Waals surface area contributed by atoms with E-state index in [0.717, 1.165) is 12.1 Å². The Morgan fingerprint density at radius 3 is 2.33 bits per heavy atom. The van der Waals surface area contributed by atoms with Crippen molar-refractivity contribution in [2.45, 2.75) is 55.9 Å². The third kappa shape index (κ3) is 5.15. The molecule has 1 N–H and O–H groups in total. The van der Waals surface area contributed by atoms with Crippen LogP contribution in [0.3, 0.4) is 0 Å². The number of anilines is 1. The van der Waals surface area contributed by atoms with Crippen LogP contribution in [0.4, 0.5) is 19.3 Å². The van der Waals surface area contributed by atoms with Crippen molar-refractivity contribution in [3.8, 4) is 0 Å². The van der Waals surface area contributed by atoms with Crippen LogP contribution >= 0.6 is 0 Å². The zero-order valence-corrected chi connectivity index (χ0v) is 16.1. The predicted octanol–water partition coefficient (Wildman–Crippen LogP) is 3.02. The molecule has 0 saturated carbocycles. The van der Waals surface area contributed by atoms with Crippen molar-refractivity contribution in [3.63, 3.8) is 0 Å². The Morgan fingerprint density at radius 2 is 1.81 bits per heavy atom. The first-order valence-corrected chi connectivity index (χ1v) is 9.89. The number of amides is 2. The first-order valence-electron chi connectivity index (χ1n) is 8.34. The standard InChI is InChI=1S/C17H22F2N2O5S/c1-17(2,3)26-16(23)21-10-4-5-13(21)14(22)20-11-6-8-12(9-7-11)27(24,25)15(18)19/h6-9,13,15H,4-5,10H2,1-3H3,(H,20,22). The van der Waals surface area contributed by atoms with Crippen LogP contribution in [-0.2, 0) is 19.4 Å². The van der Waals surface area contributed by atoms with Gasteiger partial charge in [0, 0.05) is 12.2 Å². The van der Waals surface area contributed by atoms with Gasteiger partial charge in [0.1, 0.15) is 11.6 Å². The van der Waals surface area contributed by atoms with E-state index in [1.165, 1.54) is 17.0 Å². The van der Waals surface area contributed by atoms with Crippen LogP contribution in [-0.4, -0.2) is 49.3 Å². The molecule has 1 aliphatic heterocycles. The Labute approximate surface area is 156 Å². The van der Waals surface area contributed by atoms with E-state index in [4.69, 9.17) is 4.74 Å². The number of hydrogen-bond acceptors (Lipinski definition) is 5. The second-order valence-corrected chi connectivity index (χ2v) is 9.07. The molecule has 1 saturated heterocycles. The van der Waals surface area contributed by atoms with Crippen LogP contribution in [0.1, 0.15) is 33.6 Å². The minimum atomic E-state index is -4.69. The average molecular weight is 404 g/mol. The number of hydrogen-bond donors (Lipinski definition) is 1. The van der Waals surface area contributed by atoms with Crippen molar-refractivity contribution in [1.29, 1.82) is 0 Å². The molecule has 1 atom stereocenters. The summed E-state index contributed by atoms with van der Waals surface area (Å²) in [5.41, 5.74) is -0.448. The lowest BCUT2D eigenvalue weighted by molar-refractivity contribution is -0.120. The van der Waals surface area contributed by atoms with E-state index in [2.05, 4.69) is 5.32 Å². The second kappa shape index (κ2) is 7.79. The minimum absolute atomic E-state index is 0.240. The highest BCUT2D eigenvalue weighted by molar-refractivity contribution is 7.91. The quantitative estimate of drug-likeness (QED) is 0.833. The van der Waals surface area contributed by atoms with E-state index < -0.39 is 44.1 Å². The van der Waals surface area contributed by atoms with Gasteiger partial charge in [0.15, 0.2) is 0 Å². The number of likely N-dealkylation sites (tertiary alicyclic amines) is 1. The number of alkyl halides is 2. The Bertz CT molecular complexity index is 804. The first-order chi connectivity index (χ1) is 12.4. The topological polar surface area (TPSA) is 92.8 Å². The molecule has 0 bridgehead atoms. The fourth-order valence-corrected chi connectivity index (χ4v) is 3.36. The van der Waals surface area contributed by atoms with Gasteiger partial charge in [-0.1, -0.05) is 0 Å². The summed E-state index contributed by atoms with van der Waals surface area (Å²) in [5.74, 6) is -3.97. The number of carbonyl (C=O) groups excluding carboxylic acids is 2. The molecule has 27 heavy (non-hydrogen) atoms. The van der Waals surface area contributed by atoms with Gasteiger partial charge in [0.05, 0.1) is 4.90 Å². The molecule has 1 fully saturated rings. The van der Waals surface area contributed by atoms with Crippen molar-refractivity contribution < 1.29 is 31.5 Å². The number of carbonyl (C=O) groups is 2. The summed E-state index contributed by atoms with van der Waals surface area (Å²) in [5, 5.41) is 2.57. The van der Waals surface area contributed by atoms with E-state index >= 15 is 0 Å². The largest absolute Gasteiger partial charge is 0.444 e. The van der Waals surface area contributed by atoms with Crippen molar-refractivity contribution in [1.82, 2.24) is 4.90 Å². The maximum absolute atomic E-state index is 12.5. The Balaban J connectivity index is 2.07. The normalized spacial score (nSPS) is 17.9. The molecule has 0 aliphatic carbocycles. The van der Waals surface area contributed by atoms with Gasteiger partial charge in [-0.15, -0.1) is 0 Å². The number of sulfone groups is 1. The van der Waals surface area contributed by atoms with Gasteiger partial charge in [-0.2, -0.15) is 8.78 Å². The zero-order valence-electron chi connectivity index (χ0n) is 15.2. The second-order valence-electron chi connectivity index (χ2n) is 7.15. The summed E-state index contributed by atoms with van der Waals surface area (Å²) < 4.78 is 53.2. The highest BCUT2D eigenvalue weighted by Crippen LogP contribution is 2.24. The summed E-state index contributed by atoms with van der Waals surface area (Å²) >= 11 is 0. The van der Waals surface area contributed by atoms with Gasteiger partial charge in [-0.3, -0.25) is 9.69 Å². The summed E-state index contributed by atoms with van der Waals surface area (Å²) in [7, 11) is -4.69. The van der Waals surface area contributed by atoms with Crippen molar-refractivity contribution in [3.05, 3.63) is 24.3 Å². The SMILES string of the molecule is CC(C)(C)OC(=O)N1CCCC1C(=O)Nc1ccc(S(=O)(=O)C(F)F)cc1. The van der Waals surface area contributed by atoms with Gasteiger partial charge < -0.3 is 10.1 Å². The zero-order chi connectivity index (χ0) is 20.4. The maximum atomic E-state index is 12.5. The number of nitrogens with zero attached hydrogens (tertiary/aromatic N) is 1. The fraction of sp³-hybridized carbons (Fsp3) is 0.529. The van der Waals surface area contributed by atoms with Crippen LogP contribution in [0.15, 0.2) is 29.2 Å². The molecule has 1 aromatic carbocycles. The highest BCUT2D eigenvalue weighted by atomic mass is 32.2. The average Bonchev–Trinajstić information content (AvgIpc) is 3.03. The molecule has 2 rings (SSSR count). The van der Waals surface area contributed by atoms with Crippen LogP contribution in [0, 0.1) is 0 Å². The molecule has 0 radical (unpaired) electrons. The van der Waals surface area contributed by atoms with Gasteiger partial charge in [0.25, 0.3) is 0 Å². The molecule has 1 unspecified atom stereocenters. The van der Waals surface area contributed by atoms with Crippen molar-refractivity contribution >= 4 is 27.5 Å². The molecule has 0 spiro atoms. The third-order valence-electron chi connectivity index (χ3n) is 3.87. The fourth-order valence-electron chi connectivity index (χ4n) is 2.63.